The second kappa shape index (κ2) is 11.3. The first kappa shape index (κ1) is 29.7. The lowest BCUT2D eigenvalue weighted by Crippen LogP contribution is -1.93. The van der Waals surface area contributed by atoms with Gasteiger partial charge < -0.3 is 8.98 Å². The minimum Gasteiger partial charge on any atom is -0.439 e. The molecule has 252 valence electrons. The Bertz CT molecular complexity index is 3430. The standard InChI is InChI=1S/C50H30N2OS/c1-2-11-34(12-3-1)52-44-19-8-5-15-40(44)48-42-29-32(24-28-46(42)53-50(48)52)31-21-25-35(26-22-31)51-43-18-7-4-13-37(43)41-30-33(23-27-45(41)51)36-16-10-17-39-38-14-6-9-20-47(38)54-49(36)39/h1-30H. The summed E-state index contributed by atoms with van der Waals surface area (Å²) >= 11 is 1.88. The predicted octanol–water partition coefficient (Wildman–Crippen LogP) is 14.3. The monoisotopic (exact) mass is 706 g/mol. The molecule has 0 saturated heterocycles. The number of fused-ring (bicyclic) bond motifs is 11. The van der Waals surface area contributed by atoms with Crippen molar-refractivity contribution in [3.05, 3.63) is 182 Å². The molecule has 3 nitrogen and oxygen atoms in total. The lowest BCUT2D eigenvalue weighted by atomic mass is 10.0. The van der Waals surface area contributed by atoms with Crippen LogP contribution >= 0.6 is 11.3 Å². The van der Waals surface area contributed by atoms with Crippen LogP contribution in [0.5, 0.6) is 0 Å². The molecule has 4 heteroatoms. The van der Waals surface area contributed by atoms with Gasteiger partial charge in [0.2, 0.25) is 5.71 Å². The van der Waals surface area contributed by atoms with Gasteiger partial charge >= 0.3 is 0 Å². The van der Waals surface area contributed by atoms with Crippen LogP contribution in [0.4, 0.5) is 0 Å². The van der Waals surface area contributed by atoms with Crippen LogP contribution in [0.2, 0.25) is 0 Å². The van der Waals surface area contributed by atoms with Gasteiger partial charge in [-0.2, -0.15) is 0 Å². The lowest BCUT2D eigenvalue weighted by Gasteiger charge is -2.10. The molecule has 0 atom stereocenters. The maximum Gasteiger partial charge on any atom is 0.213 e. The van der Waals surface area contributed by atoms with Crippen molar-refractivity contribution in [3.63, 3.8) is 0 Å². The third-order valence-electron chi connectivity index (χ3n) is 11.1. The summed E-state index contributed by atoms with van der Waals surface area (Å²) in [6, 6.07) is 65.8. The highest BCUT2D eigenvalue weighted by atomic mass is 32.1. The molecule has 4 aromatic heterocycles. The van der Waals surface area contributed by atoms with E-state index in [-0.39, 0.29) is 0 Å². The zero-order valence-electron chi connectivity index (χ0n) is 29.0. The van der Waals surface area contributed by atoms with Gasteiger partial charge in [0.25, 0.3) is 0 Å². The van der Waals surface area contributed by atoms with E-state index in [9.17, 15) is 0 Å². The number of furan rings is 1. The Morgan fingerprint density at radius 3 is 1.87 bits per heavy atom. The van der Waals surface area contributed by atoms with Crippen LogP contribution in [0.3, 0.4) is 0 Å². The topological polar surface area (TPSA) is 23.0 Å². The van der Waals surface area contributed by atoms with E-state index in [1.807, 2.05) is 11.3 Å². The number of thiophene rings is 1. The zero-order valence-corrected chi connectivity index (χ0v) is 29.8. The number of hydrogen-bond donors (Lipinski definition) is 0. The van der Waals surface area contributed by atoms with E-state index < -0.39 is 0 Å². The molecule has 0 aliphatic heterocycles. The first-order valence-corrected chi connectivity index (χ1v) is 19.2. The van der Waals surface area contributed by atoms with E-state index >= 15 is 0 Å². The summed E-state index contributed by atoms with van der Waals surface area (Å²) in [7, 11) is 0. The molecule has 0 aliphatic carbocycles. The molecule has 54 heavy (non-hydrogen) atoms. The first-order valence-electron chi connectivity index (χ1n) is 18.3. The zero-order chi connectivity index (χ0) is 35.3. The van der Waals surface area contributed by atoms with Gasteiger partial charge in [-0.1, -0.05) is 115 Å². The van der Waals surface area contributed by atoms with Crippen LogP contribution in [0.15, 0.2) is 186 Å². The third-order valence-corrected chi connectivity index (χ3v) is 12.4. The molecule has 0 saturated carbocycles. The molecule has 0 fully saturated rings. The minimum atomic E-state index is 0.875. The SMILES string of the molecule is c1ccc(-n2c3ccccc3c3c4cc(-c5ccc(-n6c7ccccc7c7cc(-c8cccc9c8sc8ccccc89)ccc76)cc5)ccc4oc32)cc1. The number of benzene rings is 8. The smallest absolute Gasteiger partial charge is 0.213 e. The highest BCUT2D eigenvalue weighted by molar-refractivity contribution is 7.26. The molecule has 0 aliphatic rings. The normalized spacial score (nSPS) is 12.1. The van der Waals surface area contributed by atoms with Gasteiger partial charge in [0, 0.05) is 53.1 Å². The second-order valence-corrected chi connectivity index (χ2v) is 15.1. The fourth-order valence-electron chi connectivity index (χ4n) is 8.70. The summed E-state index contributed by atoms with van der Waals surface area (Å²) in [4.78, 5) is 0. The fourth-order valence-corrected chi connectivity index (χ4v) is 9.94. The van der Waals surface area contributed by atoms with Crippen molar-refractivity contribution < 1.29 is 4.42 Å². The van der Waals surface area contributed by atoms with Crippen molar-refractivity contribution in [3.8, 4) is 33.6 Å². The highest BCUT2D eigenvalue weighted by Gasteiger charge is 2.20. The second-order valence-electron chi connectivity index (χ2n) is 14.1. The number of aromatic nitrogens is 2. The minimum absolute atomic E-state index is 0.875. The molecule has 8 aromatic carbocycles. The molecule has 0 N–H and O–H groups in total. The quantitative estimate of drug-likeness (QED) is 0.179. The van der Waals surface area contributed by atoms with Crippen LogP contribution in [0, 0.1) is 0 Å². The van der Waals surface area contributed by atoms with Crippen molar-refractivity contribution in [2.24, 2.45) is 0 Å². The van der Waals surface area contributed by atoms with Crippen molar-refractivity contribution >= 4 is 86.3 Å². The summed E-state index contributed by atoms with van der Waals surface area (Å²) in [6.07, 6.45) is 0. The van der Waals surface area contributed by atoms with E-state index in [1.165, 1.54) is 64.1 Å². The molecule has 0 unspecified atom stereocenters. The van der Waals surface area contributed by atoms with E-state index in [0.29, 0.717) is 0 Å². The van der Waals surface area contributed by atoms with E-state index in [1.54, 1.807) is 0 Å². The average Bonchev–Trinajstić information content (AvgIpc) is 3.98. The summed E-state index contributed by atoms with van der Waals surface area (Å²) in [6.45, 7) is 0. The van der Waals surface area contributed by atoms with Gasteiger partial charge in [-0.25, -0.2) is 0 Å². The van der Waals surface area contributed by atoms with E-state index in [0.717, 1.165) is 44.5 Å². The largest absolute Gasteiger partial charge is 0.439 e. The molecule has 12 aromatic rings. The fraction of sp³-hybridized carbons (Fsp3) is 0. The summed E-state index contributed by atoms with van der Waals surface area (Å²) in [5, 5.41) is 8.64. The van der Waals surface area contributed by atoms with E-state index in [2.05, 4.69) is 191 Å². The molecule has 0 radical (unpaired) electrons. The van der Waals surface area contributed by atoms with Gasteiger partial charge in [-0.05, 0) is 89.0 Å². The number of para-hydroxylation sites is 3. The molecule has 4 heterocycles. The van der Waals surface area contributed by atoms with Gasteiger partial charge in [0.15, 0.2) is 0 Å². The Morgan fingerprint density at radius 1 is 0.389 bits per heavy atom. The number of rotatable bonds is 4. The Labute approximate surface area is 314 Å². The third kappa shape index (κ3) is 4.23. The summed E-state index contributed by atoms with van der Waals surface area (Å²) < 4.78 is 13.9. The lowest BCUT2D eigenvalue weighted by molar-refractivity contribution is 0.645. The molecular formula is C50H30N2OS. The van der Waals surface area contributed by atoms with Crippen molar-refractivity contribution in [1.82, 2.24) is 9.13 Å². The van der Waals surface area contributed by atoms with Gasteiger partial charge in [-0.3, -0.25) is 4.57 Å². The average molecular weight is 707 g/mol. The van der Waals surface area contributed by atoms with Crippen molar-refractivity contribution in [2.75, 3.05) is 0 Å². The van der Waals surface area contributed by atoms with Crippen molar-refractivity contribution in [2.45, 2.75) is 0 Å². The molecular weight excluding hydrogens is 677 g/mol. The Balaban J connectivity index is 0.973. The maximum absolute atomic E-state index is 6.60. The summed E-state index contributed by atoms with van der Waals surface area (Å²) in [5.41, 5.74) is 12.4. The van der Waals surface area contributed by atoms with Gasteiger partial charge in [0.1, 0.15) is 5.58 Å². The Hall–Kier alpha value is -6.88. The molecule has 0 bridgehead atoms. The highest BCUT2D eigenvalue weighted by Crippen LogP contribution is 2.43. The van der Waals surface area contributed by atoms with E-state index in [4.69, 9.17) is 4.42 Å². The molecule has 0 spiro atoms. The van der Waals surface area contributed by atoms with Crippen LogP contribution in [-0.4, -0.2) is 9.13 Å². The van der Waals surface area contributed by atoms with Crippen LogP contribution in [0.1, 0.15) is 0 Å². The van der Waals surface area contributed by atoms with Gasteiger partial charge in [-0.15, -0.1) is 11.3 Å². The summed E-state index contributed by atoms with van der Waals surface area (Å²) in [5.74, 6) is 0. The molecule has 12 rings (SSSR count). The van der Waals surface area contributed by atoms with Crippen LogP contribution < -0.4 is 0 Å². The van der Waals surface area contributed by atoms with Crippen molar-refractivity contribution in [1.29, 1.82) is 0 Å². The Kier molecular flexibility index (Phi) is 6.21. The Morgan fingerprint density at radius 2 is 1.02 bits per heavy atom. The predicted molar refractivity (Wildman–Crippen MR) is 229 cm³/mol. The first-order chi connectivity index (χ1) is 26.8. The number of nitrogens with zero attached hydrogens (tertiary/aromatic N) is 2. The van der Waals surface area contributed by atoms with Crippen LogP contribution in [-0.2, 0) is 0 Å². The molecule has 0 amide bonds. The number of hydrogen-bond acceptors (Lipinski definition) is 2. The van der Waals surface area contributed by atoms with Gasteiger partial charge in [0.05, 0.1) is 21.9 Å². The van der Waals surface area contributed by atoms with Crippen LogP contribution in [0.25, 0.3) is 109 Å². The maximum atomic E-state index is 6.60.